The highest BCUT2D eigenvalue weighted by molar-refractivity contribution is 7.99. The molecule has 0 amide bonds. The van der Waals surface area contributed by atoms with Crippen molar-refractivity contribution in [1.82, 2.24) is 4.98 Å². The smallest absolute Gasteiger partial charge is 0.155 e. The lowest BCUT2D eigenvalue weighted by atomic mass is 9.42. The van der Waals surface area contributed by atoms with Crippen molar-refractivity contribution in [2.24, 2.45) is 39.9 Å². The molecule has 0 aliphatic heterocycles. The minimum absolute atomic E-state index is 0.133. The maximum absolute atomic E-state index is 13.8. The summed E-state index contributed by atoms with van der Waals surface area (Å²) in [6.45, 7) is 4.98. The summed E-state index contributed by atoms with van der Waals surface area (Å²) in [5.74, 6) is 3.59. The summed E-state index contributed by atoms with van der Waals surface area (Å²) in [6, 6.07) is 12.4. The number of benzene rings is 1. The van der Waals surface area contributed by atoms with E-state index in [0.717, 1.165) is 41.6 Å². The number of rotatable bonds is 4. The number of allylic oxidation sites excluding steroid dienone is 1. The highest BCUT2D eigenvalue weighted by Gasteiger charge is 2.70. The number of Topliss-reactive ketones (excluding diaryl/α,β-unsaturated/α-hetero) is 1. The number of carbonyl (C=O) groups excluding carboxylic acids is 2. The first-order valence-electron chi connectivity index (χ1n) is 14.1. The number of hydrogen-bond acceptors (Lipinski definition) is 4. The Morgan fingerprint density at radius 1 is 1.03 bits per heavy atom. The lowest BCUT2D eigenvalue weighted by Gasteiger charge is -2.61. The Morgan fingerprint density at radius 3 is 2.69 bits per heavy atom. The average molecular weight is 500 g/mol. The third kappa shape index (κ3) is 3.35. The zero-order valence-electron chi connectivity index (χ0n) is 21.6. The molecule has 4 fully saturated rings. The lowest BCUT2D eigenvalue weighted by molar-refractivity contribution is -0.135. The molecule has 0 N–H and O–H groups in total. The maximum atomic E-state index is 13.8. The van der Waals surface area contributed by atoms with Gasteiger partial charge < -0.3 is 0 Å². The van der Waals surface area contributed by atoms with Crippen molar-refractivity contribution in [2.75, 3.05) is 5.75 Å². The summed E-state index contributed by atoms with van der Waals surface area (Å²) in [5.41, 5.74) is 3.20. The summed E-state index contributed by atoms with van der Waals surface area (Å²) in [5, 5.41) is 2.10. The standard InChI is InChI=1S/C32H37NO2S/c1-30-14-13-22(34)17-21(30)8-9-23-24-10-11-25(31(24,2)19-32(15-16-32)29(23)30)27(35)18-36-28-12-7-20-5-3-4-6-26(20)33-28/h3-7,12,17,23-25,29H,8-11,13-16,18-19H2,1-2H3. The van der Waals surface area contributed by atoms with Gasteiger partial charge >= 0.3 is 0 Å². The topological polar surface area (TPSA) is 47.0 Å². The van der Waals surface area contributed by atoms with Crippen LogP contribution in [0.3, 0.4) is 0 Å². The van der Waals surface area contributed by atoms with Gasteiger partial charge in [0.1, 0.15) is 5.78 Å². The number of pyridine rings is 1. The highest BCUT2D eigenvalue weighted by Crippen LogP contribution is 2.77. The van der Waals surface area contributed by atoms with Crippen LogP contribution >= 0.6 is 11.8 Å². The molecule has 36 heavy (non-hydrogen) atoms. The largest absolute Gasteiger partial charge is 0.298 e. The third-order valence-electron chi connectivity index (χ3n) is 11.4. The summed E-state index contributed by atoms with van der Waals surface area (Å²) in [4.78, 5) is 30.8. The van der Waals surface area contributed by atoms with Crippen LogP contribution < -0.4 is 0 Å². The van der Waals surface area contributed by atoms with E-state index in [1.807, 2.05) is 24.3 Å². The molecular formula is C32H37NO2S. The summed E-state index contributed by atoms with van der Waals surface area (Å²) in [7, 11) is 0. The maximum Gasteiger partial charge on any atom is 0.155 e. The number of carbonyl (C=O) groups is 2. The van der Waals surface area contributed by atoms with Crippen molar-refractivity contribution in [1.29, 1.82) is 0 Å². The Kier molecular flexibility index (Phi) is 5.17. The molecule has 4 saturated carbocycles. The van der Waals surface area contributed by atoms with E-state index in [1.165, 1.54) is 37.7 Å². The number of hydrogen-bond donors (Lipinski definition) is 0. The quantitative estimate of drug-likeness (QED) is 0.410. The van der Waals surface area contributed by atoms with Crippen LogP contribution in [0.4, 0.5) is 0 Å². The predicted octanol–water partition coefficient (Wildman–Crippen LogP) is 7.43. The molecule has 6 unspecified atom stereocenters. The van der Waals surface area contributed by atoms with Crippen molar-refractivity contribution in [2.45, 2.75) is 76.7 Å². The van der Waals surface area contributed by atoms with Gasteiger partial charge in [-0.25, -0.2) is 4.98 Å². The minimum Gasteiger partial charge on any atom is -0.298 e. The molecule has 7 rings (SSSR count). The molecule has 2 aromatic rings. The molecule has 3 nitrogen and oxygen atoms in total. The number of aromatic nitrogens is 1. The number of thioether (sulfide) groups is 1. The molecule has 0 radical (unpaired) electrons. The van der Waals surface area contributed by atoms with Gasteiger partial charge in [0.05, 0.1) is 16.3 Å². The third-order valence-corrected chi connectivity index (χ3v) is 12.3. The Labute approximate surface area is 218 Å². The van der Waals surface area contributed by atoms with Crippen molar-refractivity contribution < 1.29 is 9.59 Å². The van der Waals surface area contributed by atoms with E-state index < -0.39 is 0 Å². The molecule has 6 atom stereocenters. The van der Waals surface area contributed by atoms with Gasteiger partial charge in [0, 0.05) is 17.7 Å². The summed E-state index contributed by atoms with van der Waals surface area (Å²) < 4.78 is 0. The first-order chi connectivity index (χ1) is 17.3. The van der Waals surface area contributed by atoms with Gasteiger partial charge in [0.15, 0.2) is 5.78 Å². The number of fused-ring (bicyclic) bond motifs is 7. The van der Waals surface area contributed by atoms with Crippen LogP contribution in [0.1, 0.15) is 71.6 Å². The fourth-order valence-electron chi connectivity index (χ4n) is 9.85. The van der Waals surface area contributed by atoms with Crippen LogP contribution in [0.5, 0.6) is 0 Å². The van der Waals surface area contributed by atoms with Gasteiger partial charge in [0.2, 0.25) is 0 Å². The van der Waals surface area contributed by atoms with Gasteiger partial charge in [-0.1, -0.05) is 55.4 Å². The Bertz CT molecular complexity index is 1290. The highest BCUT2D eigenvalue weighted by atomic mass is 32.2. The Hall–Kier alpha value is -1.94. The van der Waals surface area contributed by atoms with Crippen molar-refractivity contribution >= 4 is 34.2 Å². The zero-order valence-corrected chi connectivity index (χ0v) is 22.4. The van der Waals surface area contributed by atoms with E-state index in [2.05, 4.69) is 32.0 Å². The zero-order chi connectivity index (χ0) is 24.7. The van der Waals surface area contributed by atoms with Gasteiger partial charge in [-0.05, 0) is 104 Å². The molecule has 1 spiro atoms. The van der Waals surface area contributed by atoms with E-state index >= 15 is 0 Å². The summed E-state index contributed by atoms with van der Waals surface area (Å²) >= 11 is 1.62. The molecule has 0 bridgehead atoms. The molecule has 1 aromatic carbocycles. The normalized spacial score (nSPS) is 38.3. The van der Waals surface area contributed by atoms with Gasteiger partial charge in [0.25, 0.3) is 0 Å². The molecule has 0 saturated heterocycles. The predicted molar refractivity (Wildman–Crippen MR) is 145 cm³/mol. The average Bonchev–Trinajstić information content (AvgIpc) is 3.53. The van der Waals surface area contributed by atoms with Gasteiger partial charge in [-0.3, -0.25) is 9.59 Å². The van der Waals surface area contributed by atoms with Crippen molar-refractivity contribution in [3.05, 3.63) is 48.0 Å². The molecule has 1 aromatic heterocycles. The summed E-state index contributed by atoms with van der Waals surface area (Å²) in [6.07, 6.45) is 12.2. The molecule has 5 aliphatic rings. The van der Waals surface area contributed by atoms with Crippen LogP contribution in [0.25, 0.3) is 10.9 Å². The molecule has 4 heteroatoms. The number of nitrogens with zero attached hydrogens (tertiary/aromatic N) is 1. The monoisotopic (exact) mass is 499 g/mol. The van der Waals surface area contributed by atoms with Crippen LogP contribution in [0.15, 0.2) is 53.1 Å². The van der Waals surface area contributed by atoms with Gasteiger partial charge in [-0.15, -0.1) is 0 Å². The second-order valence-corrected chi connectivity index (χ2v) is 14.1. The molecule has 5 aliphatic carbocycles. The van der Waals surface area contributed by atoms with E-state index in [-0.39, 0.29) is 16.7 Å². The van der Waals surface area contributed by atoms with E-state index in [1.54, 1.807) is 11.8 Å². The van der Waals surface area contributed by atoms with E-state index in [0.29, 0.717) is 40.5 Å². The first kappa shape index (κ1) is 23.2. The number of ketones is 2. The van der Waals surface area contributed by atoms with Crippen LogP contribution in [0.2, 0.25) is 0 Å². The van der Waals surface area contributed by atoms with Crippen molar-refractivity contribution in [3.8, 4) is 0 Å². The van der Waals surface area contributed by atoms with E-state index in [9.17, 15) is 9.59 Å². The fourth-order valence-corrected chi connectivity index (χ4v) is 10.7. The SMILES string of the molecule is CC12CCC(=O)C=C1CCC1C2C2(CC2)CC2(C)C(C(=O)CSc3ccc4ccccc4n3)CCC12. The Balaban J connectivity index is 1.13. The fraction of sp³-hybridized carbons (Fsp3) is 0.594. The lowest BCUT2D eigenvalue weighted by Crippen LogP contribution is -2.56. The van der Waals surface area contributed by atoms with E-state index in [4.69, 9.17) is 4.98 Å². The molecular weight excluding hydrogens is 462 g/mol. The van der Waals surface area contributed by atoms with Gasteiger partial charge in [-0.2, -0.15) is 0 Å². The minimum atomic E-state index is 0.133. The number of para-hydroxylation sites is 1. The second kappa shape index (κ2) is 8.03. The second-order valence-electron chi connectivity index (χ2n) is 13.1. The first-order valence-corrected chi connectivity index (χ1v) is 15.1. The van der Waals surface area contributed by atoms with Crippen LogP contribution in [-0.2, 0) is 9.59 Å². The molecule has 188 valence electrons. The van der Waals surface area contributed by atoms with Crippen LogP contribution in [0, 0.1) is 39.9 Å². The Morgan fingerprint density at radius 2 is 1.86 bits per heavy atom. The van der Waals surface area contributed by atoms with Crippen LogP contribution in [-0.4, -0.2) is 22.3 Å². The molecule has 1 heterocycles. The van der Waals surface area contributed by atoms with Crippen molar-refractivity contribution in [3.63, 3.8) is 0 Å².